The highest BCUT2D eigenvalue weighted by atomic mass is 127. The average Bonchev–Trinajstić information content (AvgIpc) is 2.49. The van der Waals surface area contributed by atoms with Crippen LogP contribution in [0.3, 0.4) is 0 Å². The molecule has 1 saturated heterocycles. The molecule has 5 nitrogen and oxygen atoms in total. The zero-order valence-electron chi connectivity index (χ0n) is 13.7. The standard InChI is InChI=1S/C16H25ClN4O.HI/c1-21-9-6-12(7-10-21)5-8-19-16(18)20-13-3-4-15(22-2)14(17)11-13;/h3-4,11-12H,5-10H2,1-2H3,(H3,18,19,20);1H. The number of anilines is 1. The molecule has 130 valence electrons. The summed E-state index contributed by atoms with van der Waals surface area (Å²) in [7, 11) is 3.77. The van der Waals surface area contributed by atoms with Gasteiger partial charge in [0.2, 0.25) is 0 Å². The van der Waals surface area contributed by atoms with Gasteiger partial charge in [-0.15, -0.1) is 24.0 Å². The molecular weight excluding hydrogens is 427 g/mol. The van der Waals surface area contributed by atoms with Crippen molar-refractivity contribution in [3.05, 3.63) is 23.2 Å². The Labute approximate surface area is 160 Å². The summed E-state index contributed by atoms with van der Waals surface area (Å²) in [4.78, 5) is 6.78. The van der Waals surface area contributed by atoms with Crippen LogP contribution in [0.25, 0.3) is 0 Å². The van der Waals surface area contributed by atoms with E-state index < -0.39 is 0 Å². The molecule has 0 atom stereocenters. The zero-order chi connectivity index (χ0) is 15.9. The van der Waals surface area contributed by atoms with Crippen molar-refractivity contribution in [1.82, 2.24) is 4.90 Å². The summed E-state index contributed by atoms with van der Waals surface area (Å²) < 4.78 is 5.12. The van der Waals surface area contributed by atoms with E-state index >= 15 is 0 Å². The molecular formula is C16H26ClIN4O. The van der Waals surface area contributed by atoms with Crippen LogP contribution in [0.15, 0.2) is 23.2 Å². The number of rotatable bonds is 5. The number of nitrogens with two attached hydrogens (primary N) is 1. The second-order valence-corrected chi connectivity index (χ2v) is 6.18. The van der Waals surface area contributed by atoms with Crippen LogP contribution in [0, 0.1) is 5.92 Å². The summed E-state index contributed by atoms with van der Waals surface area (Å²) in [5, 5.41) is 3.61. The molecule has 0 aliphatic carbocycles. The molecule has 1 aromatic rings. The van der Waals surface area contributed by atoms with Crippen LogP contribution in [0.2, 0.25) is 5.02 Å². The molecule has 0 aromatic heterocycles. The third kappa shape index (κ3) is 6.73. The van der Waals surface area contributed by atoms with Crippen LogP contribution in [0.1, 0.15) is 19.3 Å². The molecule has 23 heavy (non-hydrogen) atoms. The van der Waals surface area contributed by atoms with E-state index in [0.717, 1.165) is 24.6 Å². The summed E-state index contributed by atoms with van der Waals surface area (Å²) in [6.45, 7) is 3.13. The minimum Gasteiger partial charge on any atom is -0.495 e. The van der Waals surface area contributed by atoms with Crippen LogP contribution in [-0.2, 0) is 0 Å². The van der Waals surface area contributed by atoms with Gasteiger partial charge in [0.1, 0.15) is 5.75 Å². The molecule has 1 aromatic carbocycles. The number of halogens is 2. The van der Waals surface area contributed by atoms with Crippen LogP contribution < -0.4 is 15.8 Å². The van der Waals surface area contributed by atoms with E-state index in [1.807, 2.05) is 6.07 Å². The quantitative estimate of drug-likeness (QED) is 0.408. The minimum absolute atomic E-state index is 0. The Morgan fingerprint density at radius 1 is 1.43 bits per heavy atom. The highest BCUT2D eigenvalue weighted by Crippen LogP contribution is 2.27. The van der Waals surface area contributed by atoms with E-state index in [-0.39, 0.29) is 24.0 Å². The Hall–Kier alpha value is -0.730. The van der Waals surface area contributed by atoms with E-state index in [1.54, 1.807) is 19.2 Å². The highest BCUT2D eigenvalue weighted by Gasteiger charge is 2.15. The molecule has 0 bridgehead atoms. The van der Waals surface area contributed by atoms with Crippen molar-refractivity contribution in [2.75, 3.05) is 39.1 Å². The van der Waals surface area contributed by atoms with Gasteiger partial charge in [-0.25, -0.2) is 0 Å². The summed E-state index contributed by atoms with van der Waals surface area (Å²) in [5.41, 5.74) is 6.73. The van der Waals surface area contributed by atoms with Gasteiger partial charge in [0, 0.05) is 12.2 Å². The van der Waals surface area contributed by atoms with E-state index in [1.165, 1.54) is 25.9 Å². The van der Waals surface area contributed by atoms with Crippen LogP contribution in [0.4, 0.5) is 5.69 Å². The second kappa shape index (κ2) is 10.2. The van der Waals surface area contributed by atoms with Gasteiger partial charge in [0.25, 0.3) is 0 Å². The number of nitrogens with one attached hydrogen (secondary N) is 1. The number of hydrogen-bond donors (Lipinski definition) is 2. The van der Waals surface area contributed by atoms with Crippen molar-refractivity contribution in [2.24, 2.45) is 16.6 Å². The molecule has 0 radical (unpaired) electrons. The van der Waals surface area contributed by atoms with Crippen LogP contribution >= 0.6 is 35.6 Å². The van der Waals surface area contributed by atoms with Gasteiger partial charge in [-0.1, -0.05) is 11.6 Å². The molecule has 0 saturated carbocycles. The highest BCUT2D eigenvalue weighted by molar-refractivity contribution is 14.0. The summed E-state index contributed by atoms with van der Waals surface area (Å²) >= 11 is 6.08. The lowest BCUT2D eigenvalue weighted by Gasteiger charge is -2.28. The monoisotopic (exact) mass is 452 g/mol. The van der Waals surface area contributed by atoms with E-state index in [9.17, 15) is 0 Å². The number of ether oxygens (including phenoxy) is 1. The number of benzene rings is 1. The SMILES string of the molecule is COc1ccc(NC(N)=NCCC2CCN(C)CC2)cc1Cl.I. The molecule has 1 aliphatic rings. The Morgan fingerprint density at radius 3 is 2.74 bits per heavy atom. The van der Waals surface area contributed by atoms with Crippen molar-refractivity contribution >= 4 is 47.2 Å². The fourth-order valence-corrected chi connectivity index (χ4v) is 2.91. The molecule has 1 heterocycles. The third-order valence-electron chi connectivity index (χ3n) is 4.08. The van der Waals surface area contributed by atoms with Crippen molar-refractivity contribution in [1.29, 1.82) is 0 Å². The van der Waals surface area contributed by atoms with Gasteiger partial charge >= 0.3 is 0 Å². The maximum absolute atomic E-state index is 6.08. The predicted octanol–water partition coefficient (Wildman–Crippen LogP) is 3.43. The predicted molar refractivity (Wildman–Crippen MR) is 108 cm³/mol. The fourth-order valence-electron chi connectivity index (χ4n) is 2.65. The summed E-state index contributed by atoms with van der Waals surface area (Å²) in [6, 6.07) is 5.44. The smallest absolute Gasteiger partial charge is 0.193 e. The first-order valence-electron chi connectivity index (χ1n) is 7.67. The minimum atomic E-state index is 0. The summed E-state index contributed by atoms with van der Waals surface area (Å²) in [6.07, 6.45) is 3.61. The average molecular weight is 453 g/mol. The molecule has 1 aliphatic heterocycles. The number of aliphatic imine (C=N–C) groups is 1. The van der Waals surface area contributed by atoms with E-state index in [2.05, 4.69) is 22.3 Å². The number of guanidine groups is 1. The largest absolute Gasteiger partial charge is 0.495 e. The third-order valence-corrected chi connectivity index (χ3v) is 4.38. The number of nitrogens with zero attached hydrogens (tertiary/aromatic N) is 2. The van der Waals surface area contributed by atoms with Crippen molar-refractivity contribution in [2.45, 2.75) is 19.3 Å². The van der Waals surface area contributed by atoms with Crippen LogP contribution in [0.5, 0.6) is 5.75 Å². The topological polar surface area (TPSA) is 62.9 Å². The first kappa shape index (κ1) is 20.3. The maximum Gasteiger partial charge on any atom is 0.193 e. The van der Waals surface area contributed by atoms with Gasteiger partial charge in [-0.3, -0.25) is 4.99 Å². The fraction of sp³-hybridized carbons (Fsp3) is 0.562. The first-order chi connectivity index (χ1) is 10.6. The van der Waals surface area contributed by atoms with Crippen molar-refractivity contribution in [3.8, 4) is 5.75 Å². The zero-order valence-corrected chi connectivity index (χ0v) is 16.8. The molecule has 1 fully saturated rings. The normalized spacial score (nSPS) is 16.7. The van der Waals surface area contributed by atoms with E-state index in [4.69, 9.17) is 22.1 Å². The lowest BCUT2D eigenvalue weighted by atomic mass is 9.94. The van der Waals surface area contributed by atoms with Gasteiger partial charge in [0.05, 0.1) is 12.1 Å². The number of hydrogen-bond acceptors (Lipinski definition) is 3. The maximum atomic E-state index is 6.08. The molecule has 2 rings (SSSR count). The van der Waals surface area contributed by atoms with E-state index in [0.29, 0.717) is 16.7 Å². The Bertz CT molecular complexity index is 519. The van der Waals surface area contributed by atoms with Gasteiger partial charge < -0.3 is 20.7 Å². The van der Waals surface area contributed by atoms with Gasteiger partial charge in [0.15, 0.2) is 5.96 Å². The molecule has 7 heteroatoms. The van der Waals surface area contributed by atoms with Crippen molar-refractivity contribution < 1.29 is 4.74 Å². The lowest BCUT2D eigenvalue weighted by Crippen LogP contribution is -2.30. The number of likely N-dealkylation sites (tertiary alicyclic amines) is 1. The molecule has 0 amide bonds. The number of piperidine rings is 1. The molecule has 0 unspecified atom stereocenters. The van der Waals surface area contributed by atoms with Crippen molar-refractivity contribution in [3.63, 3.8) is 0 Å². The Morgan fingerprint density at radius 2 is 2.13 bits per heavy atom. The number of methoxy groups -OCH3 is 1. The Kier molecular flexibility index (Phi) is 9.01. The second-order valence-electron chi connectivity index (χ2n) is 5.78. The molecule has 3 N–H and O–H groups in total. The van der Waals surface area contributed by atoms with Gasteiger partial charge in [-0.2, -0.15) is 0 Å². The molecule has 0 spiro atoms. The Balaban J connectivity index is 0.00000264. The summed E-state index contributed by atoms with van der Waals surface area (Å²) in [5.74, 6) is 1.84. The first-order valence-corrected chi connectivity index (χ1v) is 8.05. The lowest BCUT2D eigenvalue weighted by molar-refractivity contribution is 0.214. The van der Waals surface area contributed by atoms with Gasteiger partial charge in [-0.05, 0) is 63.5 Å². The van der Waals surface area contributed by atoms with Crippen LogP contribution in [-0.4, -0.2) is 44.7 Å².